The molecule has 2 aliphatic heterocycles. The Morgan fingerprint density at radius 2 is 1.97 bits per heavy atom. The van der Waals surface area contributed by atoms with Crippen molar-refractivity contribution in [1.82, 2.24) is 14.9 Å². The van der Waals surface area contributed by atoms with Crippen molar-refractivity contribution in [3.8, 4) is 5.75 Å². The van der Waals surface area contributed by atoms with E-state index < -0.39 is 0 Å². The summed E-state index contributed by atoms with van der Waals surface area (Å²) in [5, 5.41) is 0. The normalized spacial score (nSPS) is 16.3. The van der Waals surface area contributed by atoms with E-state index in [1.165, 1.54) is 0 Å². The third kappa shape index (κ3) is 5.08. The summed E-state index contributed by atoms with van der Waals surface area (Å²) in [4.78, 5) is 26.2. The minimum Gasteiger partial charge on any atom is -0.494 e. The van der Waals surface area contributed by atoms with Crippen LogP contribution < -0.4 is 9.64 Å². The number of anilines is 1. The molecule has 0 aliphatic carbocycles. The van der Waals surface area contributed by atoms with Crippen LogP contribution in [0.15, 0.2) is 30.5 Å². The number of aromatic nitrogens is 2. The number of ether oxygens (including phenoxy) is 2. The Morgan fingerprint density at radius 1 is 1.17 bits per heavy atom. The third-order valence-electron chi connectivity index (χ3n) is 5.60. The van der Waals surface area contributed by atoms with Crippen LogP contribution in [0.25, 0.3) is 0 Å². The molecule has 0 bridgehead atoms. The molecule has 1 fully saturated rings. The van der Waals surface area contributed by atoms with Crippen molar-refractivity contribution >= 4 is 11.9 Å². The molecule has 0 saturated carbocycles. The summed E-state index contributed by atoms with van der Waals surface area (Å²) < 4.78 is 11.0. The van der Waals surface area contributed by atoms with Crippen LogP contribution in [-0.2, 0) is 28.9 Å². The number of rotatable bonds is 7. The summed E-state index contributed by atoms with van der Waals surface area (Å²) in [5.74, 6) is 1.81. The van der Waals surface area contributed by atoms with Crippen LogP contribution in [0.2, 0.25) is 0 Å². The Morgan fingerprint density at radius 3 is 2.73 bits per heavy atom. The maximum atomic E-state index is 12.8. The van der Waals surface area contributed by atoms with Gasteiger partial charge in [0.15, 0.2) is 0 Å². The number of nitrogens with zero attached hydrogens (tertiary/aromatic N) is 4. The first-order chi connectivity index (χ1) is 14.7. The Hall–Kier alpha value is -2.67. The van der Waals surface area contributed by atoms with Gasteiger partial charge < -0.3 is 19.3 Å². The Bertz CT molecular complexity index is 850. The number of amides is 1. The number of hydrogen-bond acceptors (Lipinski definition) is 6. The van der Waals surface area contributed by atoms with Gasteiger partial charge in [-0.05, 0) is 42.5 Å². The maximum Gasteiger partial charge on any atom is 0.225 e. The molecule has 2 aliphatic rings. The van der Waals surface area contributed by atoms with Crippen LogP contribution in [0.5, 0.6) is 5.75 Å². The molecular formula is C23H30N4O3. The summed E-state index contributed by atoms with van der Waals surface area (Å²) in [5.41, 5.74) is 3.28. The van der Waals surface area contributed by atoms with E-state index in [-0.39, 0.29) is 5.91 Å². The first kappa shape index (κ1) is 20.6. The monoisotopic (exact) mass is 410 g/mol. The van der Waals surface area contributed by atoms with Crippen molar-refractivity contribution < 1.29 is 14.3 Å². The minimum atomic E-state index is 0.179. The maximum absolute atomic E-state index is 12.8. The van der Waals surface area contributed by atoms with E-state index in [0.29, 0.717) is 26.2 Å². The average Bonchev–Trinajstić information content (AvgIpc) is 2.81. The van der Waals surface area contributed by atoms with E-state index in [1.54, 1.807) is 0 Å². The van der Waals surface area contributed by atoms with Gasteiger partial charge in [-0.1, -0.05) is 19.1 Å². The van der Waals surface area contributed by atoms with Crippen LogP contribution in [0.3, 0.4) is 0 Å². The zero-order chi connectivity index (χ0) is 20.8. The molecule has 1 amide bonds. The highest BCUT2D eigenvalue weighted by Crippen LogP contribution is 2.21. The number of morpholine rings is 1. The lowest BCUT2D eigenvalue weighted by molar-refractivity contribution is -0.132. The molecule has 4 rings (SSSR count). The SMILES string of the molecule is CCCOc1ccc(CCC(=O)N2CCc3cnc(N4CCOCC4)nc3C2)cc1. The second-order valence-electron chi connectivity index (χ2n) is 7.80. The summed E-state index contributed by atoms with van der Waals surface area (Å²) in [6.07, 6.45) is 4.98. The van der Waals surface area contributed by atoms with Gasteiger partial charge in [0.25, 0.3) is 0 Å². The van der Waals surface area contributed by atoms with Crippen molar-refractivity contribution in [1.29, 1.82) is 0 Å². The van der Waals surface area contributed by atoms with Gasteiger partial charge in [0.1, 0.15) is 5.75 Å². The number of carbonyl (C=O) groups excluding carboxylic acids is 1. The molecule has 7 heteroatoms. The lowest BCUT2D eigenvalue weighted by Gasteiger charge is -2.30. The second-order valence-corrected chi connectivity index (χ2v) is 7.80. The Balaban J connectivity index is 1.32. The van der Waals surface area contributed by atoms with Gasteiger partial charge in [0.05, 0.1) is 32.1 Å². The van der Waals surface area contributed by atoms with Gasteiger partial charge in [0, 0.05) is 32.3 Å². The topological polar surface area (TPSA) is 67.8 Å². The molecule has 1 aromatic carbocycles. The van der Waals surface area contributed by atoms with Crippen LogP contribution in [0.1, 0.15) is 36.6 Å². The summed E-state index contributed by atoms with van der Waals surface area (Å²) in [6, 6.07) is 8.06. The smallest absolute Gasteiger partial charge is 0.225 e. The molecular weight excluding hydrogens is 380 g/mol. The quantitative estimate of drug-likeness (QED) is 0.699. The molecule has 1 aromatic heterocycles. The van der Waals surface area contributed by atoms with Gasteiger partial charge in [-0.25, -0.2) is 9.97 Å². The standard InChI is InChI=1S/C23H30N4O3/c1-2-13-30-20-6-3-18(4-7-20)5-8-22(28)27-10-9-19-16-24-23(25-21(19)17-27)26-11-14-29-15-12-26/h3-4,6-7,16H,2,5,8-15,17H2,1H3. The van der Waals surface area contributed by atoms with Crippen molar-refractivity contribution in [3.63, 3.8) is 0 Å². The predicted octanol–water partition coefficient (Wildman–Crippen LogP) is 2.62. The van der Waals surface area contributed by atoms with Crippen LogP contribution in [0.4, 0.5) is 5.95 Å². The second kappa shape index (κ2) is 9.89. The Kier molecular flexibility index (Phi) is 6.79. The fourth-order valence-corrected chi connectivity index (χ4v) is 3.80. The summed E-state index contributed by atoms with van der Waals surface area (Å²) in [7, 11) is 0. The number of benzene rings is 1. The molecule has 0 unspecified atom stereocenters. The molecule has 30 heavy (non-hydrogen) atoms. The first-order valence-electron chi connectivity index (χ1n) is 10.9. The molecule has 0 atom stereocenters. The zero-order valence-corrected chi connectivity index (χ0v) is 17.7. The van der Waals surface area contributed by atoms with Crippen molar-refractivity contribution in [2.75, 3.05) is 44.4 Å². The van der Waals surface area contributed by atoms with E-state index in [9.17, 15) is 4.79 Å². The highest BCUT2D eigenvalue weighted by atomic mass is 16.5. The van der Waals surface area contributed by atoms with E-state index in [0.717, 1.165) is 74.0 Å². The molecule has 0 radical (unpaired) electrons. The largest absolute Gasteiger partial charge is 0.494 e. The molecule has 0 N–H and O–H groups in total. The van der Waals surface area contributed by atoms with Gasteiger partial charge in [-0.2, -0.15) is 0 Å². The fourth-order valence-electron chi connectivity index (χ4n) is 3.80. The van der Waals surface area contributed by atoms with Crippen LogP contribution in [-0.4, -0.2) is 60.2 Å². The molecule has 3 heterocycles. The molecule has 1 saturated heterocycles. The fraction of sp³-hybridized carbons (Fsp3) is 0.522. The van der Waals surface area contributed by atoms with E-state index in [1.807, 2.05) is 35.4 Å². The minimum absolute atomic E-state index is 0.179. The lowest BCUT2D eigenvalue weighted by Crippen LogP contribution is -2.39. The van der Waals surface area contributed by atoms with Gasteiger partial charge >= 0.3 is 0 Å². The van der Waals surface area contributed by atoms with Crippen molar-refractivity contribution in [2.24, 2.45) is 0 Å². The van der Waals surface area contributed by atoms with Gasteiger partial charge in [-0.15, -0.1) is 0 Å². The predicted molar refractivity (Wildman–Crippen MR) is 115 cm³/mol. The van der Waals surface area contributed by atoms with E-state index in [4.69, 9.17) is 14.5 Å². The molecule has 0 spiro atoms. The lowest BCUT2D eigenvalue weighted by atomic mass is 10.1. The first-order valence-corrected chi connectivity index (χ1v) is 10.9. The summed E-state index contributed by atoms with van der Waals surface area (Å²) in [6.45, 7) is 7.15. The van der Waals surface area contributed by atoms with Crippen molar-refractivity contribution in [3.05, 3.63) is 47.3 Å². The third-order valence-corrected chi connectivity index (χ3v) is 5.60. The van der Waals surface area contributed by atoms with Crippen LogP contribution in [0, 0.1) is 0 Å². The van der Waals surface area contributed by atoms with Crippen LogP contribution >= 0.6 is 0 Å². The molecule has 7 nitrogen and oxygen atoms in total. The highest BCUT2D eigenvalue weighted by Gasteiger charge is 2.23. The summed E-state index contributed by atoms with van der Waals surface area (Å²) >= 11 is 0. The zero-order valence-electron chi connectivity index (χ0n) is 17.7. The van der Waals surface area contributed by atoms with Gasteiger partial charge in [-0.3, -0.25) is 4.79 Å². The van der Waals surface area contributed by atoms with E-state index >= 15 is 0 Å². The Labute approximate surface area is 178 Å². The number of fused-ring (bicyclic) bond motifs is 1. The average molecular weight is 411 g/mol. The molecule has 2 aromatic rings. The van der Waals surface area contributed by atoms with Crippen molar-refractivity contribution in [2.45, 2.75) is 39.2 Å². The number of aryl methyl sites for hydroxylation is 1. The highest BCUT2D eigenvalue weighted by molar-refractivity contribution is 5.76. The number of hydrogen-bond donors (Lipinski definition) is 0. The van der Waals surface area contributed by atoms with E-state index in [2.05, 4.69) is 16.8 Å². The van der Waals surface area contributed by atoms with Gasteiger partial charge in [0.2, 0.25) is 11.9 Å². The molecule has 160 valence electrons. The number of carbonyl (C=O) groups is 1.